The Kier molecular flexibility index (Phi) is 2.23. The first-order valence-electron chi connectivity index (χ1n) is 4.31. The molecule has 1 aromatic carbocycles. The summed E-state index contributed by atoms with van der Waals surface area (Å²) in [7, 11) is 0. The number of benzene rings is 1. The average Bonchev–Trinajstić information content (AvgIpc) is 2.41. The molecule has 0 radical (unpaired) electrons. The summed E-state index contributed by atoms with van der Waals surface area (Å²) in [6.07, 6.45) is 0.760. The van der Waals surface area contributed by atoms with Gasteiger partial charge in [-0.25, -0.2) is 0 Å². The zero-order valence-electron chi connectivity index (χ0n) is 7.66. The van der Waals surface area contributed by atoms with Crippen molar-refractivity contribution in [3.05, 3.63) is 35.9 Å². The van der Waals surface area contributed by atoms with E-state index in [0.717, 1.165) is 11.9 Å². The van der Waals surface area contributed by atoms with Gasteiger partial charge in [-0.2, -0.15) is 0 Å². The van der Waals surface area contributed by atoms with Crippen molar-refractivity contribution in [2.75, 3.05) is 13.2 Å². The molecule has 0 N–H and O–H groups in total. The van der Waals surface area contributed by atoms with Crippen molar-refractivity contribution in [2.45, 2.75) is 0 Å². The molecule has 3 nitrogen and oxygen atoms in total. The molecule has 14 heavy (non-hydrogen) atoms. The molecule has 0 bridgehead atoms. The van der Waals surface area contributed by atoms with Gasteiger partial charge < -0.3 is 9.47 Å². The predicted molar refractivity (Wildman–Crippen MR) is 52.0 cm³/mol. The summed E-state index contributed by atoms with van der Waals surface area (Å²) in [5.74, 6) is 1.12. The molecule has 0 unspecified atom stereocenters. The fraction of sp³-hybridized carbons (Fsp3) is 0.182. The molecule has 2 rings (SSSR count). The third-order valence-electron chi connectivity index (χ3n) is 1.99. The molecule has 1 aromatic rings. The second kappa shape index (κ2) is 3.54. The van der Waals surface area contributed by atoms with Crippen LogP contribution in [-0.2, 0) is 0 Å². The first-order chi connectivity index (χ1) is 6.81. The SMILES string of the molecule is C=C1COc2cccc(C=O)c2OC1. The number of aldehydes is 1. The van der Waals surface area contributed by atoms with Crippen LogP contribution in [0, 0.1) is 0 Å². The molecule has 0 atom stereocenters. The number of hydrogen-bond acceptors (Lipinski definition) is 3. The smallest absolute Gasteiger partial charge is 0.172 e. The molecule has 0 saturated heterocycles. The standard InChI is InChI=1S/C11H10O3/c1-8-6-13-10-4-2-3-9(5-12)11(10)14-7-8/h2-5H,1,6-7H2. The molecule has 0 aliphatic carbocycles. The van der Waals surface area contributed by atoms with Gasteiger partial charge in [0, 0.05) is 0 Å². The quantitative estimate of drug-likeness (QED) is 0.500. The Morgan fingerprint density at radius 1 is 1.29 bits per heavy atom. The van der Waals surface area contributed by atoms with Crippen LogP contribution in [0.4, 0.5) is 0 Å². The van der Waals surface area contributed by atoms with Crippen LogP contribution in [0.5, 0.6) is 11.5 Å². The summed E-state index contributed by atoms with van der Waals surface area (Å²) in [6, 6.07) is 5.24. The molecule has 1 aliphatic heterocycles. The fourth-order valence-electron chi connectivity index (χ4n) is 1.29. The summed E-state index contributed by atoms with van der Waals surface area (Å²) in [4.78, 5) is 10.7. The van der Waals surface area contributed by atoms with Gasteiger partial charge in [0.05, 0.1) is 5.56 Å². The van der Waals surface area contributed by atoms with Crippen LogP contribution in [0.25, 0.3) is 0 Å². The summed E-state index contributed by atoms with van der Waals surface area (Å²) in [5, 5.41) is 0. The van der Waals surface area contributed by atoms with Crippen LogP contribution >= 0.6 is 0 Å². The lowest BCUT2D eigenvalue weighted by atomic mass is 10.2. The average molecular weight is 190 g/mol. The van der Waals surface area contributed by atoms with Crippen LogP contribution in [-0.4, -0.2) is 19.5 Å². The molecule has 0 aromatic heterocycles. The molecule has 0 fully saturated rings. The first-order valence-corrected chi connectivity index (χ1v) is 4.31. The van der Waals surface area contributed by atoms with Crippen molar-refractivity contribution in [1.82, 2.24) is 0 Å². The highest BCUT2D eigenvalue weighted by atomic mass is 16.5. The van der Waals surface area contributed by atoms with Crippen LogP contribution in [0.2, 0.25) is 0 Å². The third-order valence-corrected chi connectivity index (χ3v) is 1.99. The largest absolute Gasteiger partial charge is 0.485 e. The van der Waals surface area contributed by atoms with Gasteiger partial charge >= 0.3 is 0 Å². The highest BCUT2D eigenvalue weighted by Gasteiger charge is 2.14. The first kappa shape index (κ1) is 8.81. The van der Waals surface area contributed by atoms with Crippen molar-refractivity contribution in [2.24, 2.45) is 0 Å². The monoisotopic (exact) mass is 190 g/mol. The Morgan fingerprint density at radius 3 is 2.86 bits per heavy atom. The van der Waals surface area contributed by atoms with Crippen LogP contribution in [0.15, 0.2) is 30.4 Å². The summed E-state index contributed by atoms with van der Waals surface area (Å²) in [6.45, 7) is 4.61. The second-order valence-electron chi connectivity index (χ2n) is 3.12. The van der Waals surface area contributed by atoms with Crippen molar-refractivity contribution >= 4 is 6.29 Å². The van der Waals surface area contributed by atoms with E-state index in [-0.39, 0.29) is 0 Å². The number of para-hydroxylation sites is 1. The molecular formula is C11H10O3. The van der Waals surface area contributed by atoms with Crippen molar-refractivity contribution in [3.63, 3.8) is 0 Å². The van der Waals surface area contributed by atoms with E-state index in [0.29, 0.717) is 30.3 Å². The molecule has 0 amide bonds. The van der Waals surface area contributed by atoms with Gasteiger partial charge in [0.2, 0.25) is 0 Å². The molecule has 3 heteroatoms. The number of rotatable bonds is 1. The fourth-order valence-corrected chi connectivity index (χ4v) is 1.29. The lowest BCUT2D eigenvalue weighted by molar-refractivity contribution is 0.111. The van der Waals surface area contributed by atoms with Gasteiger partial charge in [-0.15, -0.1) is 0 Å². The summed E-state index contributed by atoms with van der Waals surface area (Å²) < 4.78 is 10.8. The Morgan fingerprint density at radius 2 is 2.07 bits per heavy atom. The highest BCUT2D eigenvalue weighted by Crippen LogP contribution is 2.32. The van der Waals surface area contributed by atoms with Crippen molar-refractivity contribution < 1.29 is 14.3 Å². The molecule has 1 heterocycles. The number of carbonyl (C=O) groups is 1. The van der Waals surface area contributed by atoms with Crippen LogP contribution < -0.4 is 9.47 Å². The van der Waals surface area contributed by atoms with Crippen LogP contribution in [0.1, 0.15) is 10.4 Å². The zero-order valence-corrected chi connectivity index (χ0v) is 7.66. The Labute approximate surface area is 81.9 Å². The maximum atomic E-state index is 10.7. The molecule has 0 spiro atoms. The molecule has 1 aliphatic rings. The Bertz CT molecular complexity index is 382. The topological polar surface area (TPSA) is 35.5 Å². The summed E-state index contributed by atoms with van der Waals surface area (Å²) in [5.41, 5.74) is 1.37. The van der Waals surface area contributed by atoms with E-state index in [1.54, 1.807) is 18.2 Å². The van der Waals surface area contributed by atoms with E-state index in [1.807, 2.05) is 0 Å². The zero-order chi connectivity index (χ0) is 9.97. The number of fused-ring (bicyclic) bond motifs is 1. The maximum absolute atomic E-state index is 10.7. The minimum Gasteiger partial charge on any atom is -0.485 e. The number of ether oxygens (including phenoxy) is 2. The number of carbonyl (C=O) groups excluding carboxylic acids is 1. The maximum Gasteiger partial charge on any atom is 0.172 e. The lowest BCUT2D eigenvalue weighted by Gasteiger charge is -2.07. The molecular weight excluding hydrogens is 180 g/mol. The Hall–Kier alpha value is -1.77. The van der Waals surface area contributed by atoms with Crippen molar-refractivity contribution in [3.8, 4) is 11.5 Å². The van der Waals surface area contributed by atoms with Gasteiger partial charge in [-0.3, -0.25) is 4.79 Å². The summed E-state index contributed by atoms with van der Waals surface area (Å²) >= 11 is 0. The number of hydrogen-bond donors (Lipinski definition) is 0. The van der Waals surface area contributed by atoms with E-state index in [2.05, 4.69) is 6.58 Å². The molecule has 72 valence electrons. The van der Waals surface area contributed by atoms with E-state index < -0.39 is 0 Å². The van der Waals surface area contributed by atoms with Crippen molar-refractivity contribution in [1.29, 1.82) is 0 Å². The molecule has 0 saturated carbocycles. The third kappa shape index (κ3) is 1.48. The lowest BCUT2D eigenvalue weighted by Crippen LogP contribution is -2.02. The van der Waals surface area contributed by atoms with E-state index in [4.69, 9.17) is 9.47 Å². The van der Waals surface area contributed by atoms with Gasteiger partial charge in [0.15, 0.2) is 17.8 Å². The van der Waals surface area contributed by atoms with Gasteiger partial charge in [0.25, 0.3) is 0 Å². The van der Waals surface area contributed by atoms with Crippen LogP contribution in [0.3, 0.4) is 0 Å². The normalized spacial score (nSPS) is 14.7. The minimum absolute atomic E-state index is 0.401. The van der Waals surface area contributed by atoms with E-state index >= 15 is 0 Å². The Balaban J connectivity index is 2.44. The second-order valence-corrected chi connectivity index (χ2v) is 3.12. The predicted octanol–water partition coefficient (Wildman–Crippen LogP) is 1.83. The van der Waals surface area contributed by atoms with E-state index in [1.165, 1.54) is 0 Å². The van der Waals surface area contributed by atoms with Gasteiger partial charge in [-0.1, -0.05) is 12.6 Å². The highest BCUT2D eigenvalue weighted by molar-refractivity contribution is 5.81. The van der Waals surface area contributed by atoms with Gasteiger partial charge in [0.1, 0.15) is 13.2 Å². The minimum atomic E-state index is 0.401. The van der Waals surface area contributed by atoms with E-state index in [9.17, 15) is 4.79 Å². The van der Waals surface area contributed by atoms with Gasteiger partial charge in [-0.05, 0) is 17.7 Å².